The van der Waals surface area contributed by atoms with Gasteiger partial charge in [0, 0.05) is 33.9 Å². The molecule has 1 aliphatic rings. The van der Waals surface area contributed by atoms with E-state index in [1.165, 1.54) is 0 Å². The molecule has 3 aromatic rings. The van der Waals surface area contributed by atoms with Crippen molar-refractivity contribution in [1.29, 1.82) is 0 Å². The van der Waals surface area contributed by atoms with Gasteiger partial charge in [-0.15, -0.1) is 0 Å². The molecule has 6 heteroatoms. The zero-order valence-electron chi connectivity index (χ0n) is 11.4. The van der Waals surface area contributed by atoms with Gasteiger partial charge in [0.2, 0.25) is 6.79 Å². The number of hydrogen-bond acceptors (Lipinski definition) is 3. The van der Waals surface area contributed by atoms with Crippen molar-refractivity contribution in [2.24, 2.45) is 0 Å². The molecule has 2 aromatic carbocycles. The van der Waals surface area contributed by atoms with Gasteiger partial charge in [0.1, 0.15) is 0 Å². The molecule has 0 atom stereocenters. The quantitative estimate of drug-likeness (QED) is 0.756. The number of halogens is 1. The van der Waals surface area contributed by atoms with E-state index in [-0.39, 0.29) is 12.7 Å². The van der Waals surface area contributed by atoms with Gasteiger partial charge in [0.25, 0.3) is 5.91 Å². The number of H-pyrrole nitrogens is 1. The summed E-state index contributed by atoms with van der Waals surface area (Å²) < 4.78 is 10.5. The summed E-state index contributed by atoms with van der Waals surface area (Å²) in [4.78, 5) is 15.5. The Morgan fingerprint density at radius 1 is 1.14 bits per heavy atom. The van der Waals surface area contributed by atoms with Crippen molar-refractivity contribution in [3.8, 4) is 11.5 Å². The highest BCUT2D eigenvalue weighted by molar-refractivity contribution is 6.31. The summed E-state index contributed by atoms with van der Waals surface area (Å²) in [7, 11) is 0. The molecule has 2 N–H and O–H groups in total. The molecular weight excluding hydrogens is 304 g/mol. The zero-order chi connectivity index (χ0) is 15.1. The van der Waals surface area contributed by atoms with Crippen LogP contribution in [0.25, 0.3) is 10.9 Å². The molecule has 0 aliphatic carbocycles. The topological polar surface area (TPSA) is 63.4 Å². The predicted octanol–water partition coefficient (Wildman–Crippen LogP) is 3.80. The van der Waals surface area contributed by atoms with Crippen LogP contribution >= 0.6 is 11.6 Å². The Hall–Kier alpha value is -2.66. The first-order chi connectivity index (χ1) is 10.7. The molecule has 0 spiro atoms. The maximum atomic E-state index is 12.4. The summed E-state index contributed by atoms with van der Waals surface area (Å²) in [6.45, 7) is 0.204. The number of anilines is 1. The highest BCUT2D eigenvalue weighted by atomic mass is 35.5. The molecule has 0 radical (unpaired) electrons. The molecule has 2 heterocycles. The second-order valence-electron chi connectivity index (χ2n) is 4.91. The molecular formula is C16H11ClN2O3. The number of fused-ring (bicyclic) bond motifs is 2. The lowest BCUT2D eigenvalue weighted by Gasteiger charge is -2.05. The first-order valence-corrected chi connectivity index (χ1v) is 7.06. The Balaban J connectivity index is 1.63. The number of carbonyl (C=O) groups is 1. The number of aromatic nitrogens is 1. The van der Waals surface area contributed by atoms with Gasteiger partial charge in [-0.1, -0.05) is 17.7 Å². The maximum Gasteiger partial charge on any atom is 0.257 e. The van der Waals surface area contributed by atoms with Crippen molar-refractivity contribution >= 4 is 34.1 Å². The van der Waals surface area contributed by atoms with Gasteiger partial charge in [-0.25, -0.2) is 0 Å². The van der Waals surface area contributed by atoms with Crippen LogP contribution in [0.2, 0.25) is 5.02 Å². The third kappa shape index (κ3) is 2.16. The second kappa shape index (κ2) is 4.96. The van der Waals surface area contributed by atoms with Gasteiger partial charge in [0.15, 0.2) is 11.5 Å². The van der Waals surface area contributed by atoms with E-state index < -0.39 is 0 Å². The van der Waals surface area contributed by atoms with Crippen LogP contribution in [-0.2, 0) is 0 Å². The number of benzene rings is 2. The molecule has 0 unspecified atom stereocenters. The van der Waals surface area contributed by atoms with Gasteiger partial charge in [-0.05, 0) is 24.3 Å². The van der Waals surface area contributed by atoms with Gasteiger partial charge < -0.3 is 19.8 Å². The average Bonchev–Trinajstić information content (AvgIpc) is 3.12. The minimum absolute atomic E-state index is 0.201. The van der Waals surface area contributed by atoms with Gasteiger partial charge in [-0.3, -0.25) is 4.79 Å². The minimum atomic E-state index is -0.201. The van der Waals surface area contributed by atoms with Crippen LogP contribution in [0.1, 0.15) is 10.4 Å². The Labute approximate surface area is 130 Å². The number of nitrogens with one attached hydrogen (secondary N) is 2. The lowest BCUT2D eigenvalue weighted by Crippen LogP contribution is -2.11. The molecule has 0 bridgehead atoms. The Bertz CT molecular complexity index is 888. The van der Waals surface area contributed by atoms with E-state index in [0.29, 0.717) is 27.8 Å². The van der Waals surface area contributed by atoms with Gasteiger partial charge >= 0.3 is 0 Å². The standard InChI is InChI=1S/C16H11ClN2O3/c17-9-1-3-11-12(7-18-13(11)5-9)16(20)19-10-2-4-14-15(6-10)22-8-21-14/h1-7,18H,8H2,(H,19,20). The number of hydrogen-bond donors (Lipinski definition) is 2. The molecule has 4 rings (SSSR count). The van der Waals surface area contributed by atoms with Crippen molar-refractivity contribution < 1.29 is 14.3 Å². The number of ether oxygens (including phenoxy) is 2. The van der Waals surface area contributed by atoms with Crippen molar-refractivity contribution in [1.82, 2.24) is 4.98 Å². The zero-order valence-corrected chi connectivity index (χ0v) is 12.1. The minimum Gasteiger partial charge on any atom is -0.454 e. The number of aromatic amines is 1. The van der Waals surface area contributed by atoms with Crippen molar-refractivity contribution in [3.05, 3.63) is 53.2 Å². The Morgan fingerprint density at radius 2 is 2.00 bits per heavy atom. The first-order valence-electron chi connectivity index (χ1n) is 6.68. The summed E-state index contributed by atoms with van der Waals surface area (Å²) in [6.07, 6.45) is 1.67. The lowest BCUT2D eigenvalue weighted by atomic mass is 10.1. The summed E-state index contributed by atoms with van der Waals surface area (Å²) >= 11 is 5.95. The van der Waals surface area contributed by atoms with Gasteiger partial charge in [-0.2, -0.15) is 0 Å². The fraction of sp³-hybridized carbons (Fsp3) is 0.0625. The third-order valence-corrected chi connectivity index (χ3v) is 3.75. The second-order valence-corrected chi connectivity index (χ2v) is 5.35. The SMILES string of the molecule is O=C(Nc1ccc2c(c1)OCO2)c1c[nH]c2cc(Cl)ccc12. The molecule has 0 saturated heterocycles. The monoisotopic (exact) mass is 314 g/mol. The normalized spacial score (nSPS) is 12.6. The molecule has 1 aromatic heterocycles. The maximum absolute atomic E-state index is 12.4. The fourth-order valence-corrected chi connectivity index (χ4v) is 2.63. The van der Waals surface area contributed by atoms with E-state index in [4.69, 9.17) is 21.1 Å². The smallest absolute Gasteiger partial charge is 0.257 e. The summed E-state index contributed by atoms with van der Waals surface area (Å²) in [5.41, 5.74) is 2.03. The number of carbonyl (C=O) groups excluding carboxylic acids is 1. The van der Waals surface area contributed by atoms with Crippen LogP contribution in [0.5, 0.6) is 11.5 Å². The van der Waals surface area contributed by atoms with E-state index in [9.17, 15) is 4.79 Å². The van der Waals surface area contributed by atoms with Crippen LogP contribution in [-0.4, -0.2) is 17.7 Å². The number of rotatable bonds is 2. The molecule has 1 amide bonds. The first kappa shape index (κ1) is 13.0. The molecule has 0 fully saturated rings. The molecule has 110 valence electrons. The van der Waals surface area contributed by atoms with E-state index >= 15 is 0 Å². The van der Waals surface area contributed by atoms with Crippen molar-refractivity contribution in [3.63, 3.8) is 0 Å². The van der Waals surface area contributed by atoms with E-state index in [1.54, 1.807) is 36.5 Å². The largest absolute Gasteiger partial charge is 0.454 e. The van der Waals surface area contributed by atoms with Crippen LogP contribution in [0.4, 0.5) is 5.69 Å². The highest BCUT2D eigenvalue weighted by Crippen LogP contribution is 2.34. The summed E-state index contributed by atoms with van der Waals surface area (Å²) in [6, 6.07) is 10.7. The van der Waals surface area contributed by atoms with E-state index in [0.717, 1.165) is 10.9 Å². The highest BCUT2D eigenvalue weighted by Gasteiger charge is 2.16. The molecule has 1 aliphatic heterocycles. The third-order valence-electron chi connectivity index (χ3n) is 3.52. The average molecular weight is 315 g/mol. The molecule has 5 nitrogen and oxygen atoms in total. The van der Waals surface area contributed by atoms with E-state index in [2.05, 4.69) is 10.3 Å². The van der Waals surface area contributed by atoms with E-state index in [1.807, 2.05) is 6.07 Å². The van der Waals surface area contributed by atoms with Crippen molar-refractivity contribution in [2.45, 2.75) is 0 Å². The van der Waals surface area contributed by atoms with Gasteiger partial charge in [0.05, 0.1) is 5.56 Å². The number of amides is 1. The van der Waals surface area contributed by atoms with Crippen LogP contribution in [0.15, 0.2) is 42.6 Å². The van der Waals surface area contributed by atoms with Crippen molar-refractivity contribution in [2.75, 3.05) is 12.1 Å². The van der Waals surface area contributed by atoms with Crippen LogP contribution in [0.3, 0.4) is 0 Å². The lowest BCUT2D eigenvalue weighted by molar-refractivity contribution is 0.102. The fourth-order valence-electron chi connectivity index (χ4n) is 2.46. The summed E-state index contributed by atoms with van der Waals surface area (Å²) in [5, 5.41) is 4.30. The molecule has 22 heavy (non-hydrogen) atoms. The Morgan fingerprint density at radius 3 is 2.91 bits per heavy atom. The van der Waals surface area contributed by atoms with Crippen LogP contribution in [0, 0.1) is 0 Å². The predicted molar refractivity (Wildman–Crippen MR) is 83.8 cm³/mol. The summed E-state index contributed by atoms with van der Waals surface area (Å²) in [5.74, 6) is 1.11. The molecule has 0 saturated carbocycles. The van der Waals surface area contributed by atoms with Crippen LogP contribution < -0.4 is 14.8 Å². The Kier molecular flexibility index (Phi) is 2.94.